The number of hydrogen-bond donors (Lipinski definition) is 1. The summed E-state index contributed by atoms with van der Waals surface area (Å²) in [5.74, 6) is 0. The minimum Gasteiger partial charge on any atom is -0.711 e. The van der Waals surface area contributed by atoms with Gasteiger partial charge in [0.05, 0.1) is 5.54 Å². The Morgan fingerprint density at radius 2 is 1.68 bits per heavy atom. The second-order valence-corrected chi connectivity index (χ2v) is 5.00. The minimum absolute atomic E-state index is 0.596. The third kappa shape index (κ3) is 2.67. The maximum Gasteiger partial charge on any atom is 0.106 e. The van der Waals surface area contributed by atoms with Gasteiger partial charge in [0.2, 0.25) is 0 Å². The van der Waals surface area contributed by atoms with Crippen LogP contribution in [0.15, 0.2) is 59.7 Å². The average Bonchev–Trinajstić information content (AvgIpc) is 2.47. The number of benzene rings is 2. The highest BCUT2D eigenvalue weighted by atomic mass is 35.5. The van der Waals surface area contributed by atoms with Crippen molar-refractivity contribution in [2.45, 2.75) is 18.6 Å². The molecule has 2 aromatic carbocycles. The SMILES string of the molecule is C[C@](N=[N-])(c1ccccc1)[C@H](O)c1ccc(Cl)cc1. The van der Waals surface area contributed by atoms with E-state index in [0.717, 1.165) is 5.56 Å². The second kappa shape index (κ2) is 5.51. The van der Waals surface area contributed by atoms with Crippen LogP contribution >= 0.6 is 11.6 Å². The molecule has 0 saturated carbocycles. The molecular weight excluding hydrogens is 260 g/mol. The number of hydrogen-bond acceptors (Lipinski definition) is 2. The summed E-state index contributed by atoms with van der Waals surface area (Å²) >= 11 is 5.83. The van der Waals surface area contributed by atoms with Gasteiger partial charge in [0.25, 0.3) is 0 Å². The van der Waals surface area contributed by atoms with Crippen LogP contribution in [0.1, 0.15) is 24.2 Å². The minimum atomic E-state index is -1.12. The van der Waals surface area contributed by atoms with Crippen molar-refractivity contribution < 1.29 is 5.11 Å². The van der Waals surface area contributed by atoms with E-state index in [0.29, 0.717) is 10.6 Å². The number of aliphatic hydroxyl groups is 1. The maximum absolute atomic E-state index is 10.5. The molecule has 19 heavy (non-hydrogen) atoms. The lowest BCUT2D eigenvalue weighted by atomic mass is 9.84. The quantitative estimate of drug-likeness (QED) is 0.829. The summed E-state index contributed by atoms with van der Waals surface area (Å²) in [7, 11) is 0. The van der Waals surface area contributed by atoms with Crippen molar-refractivity contribution >= 4 is 11.6 Å². The number of nitrogens with zero attached hydrogens (tertiary/aromatic N) is 2. The number of halogens is 1. The van der Waals surface area contributed by atoms with Gasteiger partial charge in [0.1, 0.15) is 6.10 Å². The molecule has 0 aromatic heterocycles. The first-order valence-corrected chi connectivity index (χ1v) is 6.31. The predicted octanol–water partition coefficient (Wildman–Crippen LogP) is 4.31. The zero-order chi connectivity index (χ0) is 13.9. The molecule has 0 spiro atoms. The van der Waals surface area contributed by atoms with E-state index in [1.165, 1.54) is 0 Å². The molecular formula is C15H14ClN2O-. The Bertz CT molecular complexity index is 556. The molecule has 2 rings (SSSR count). The van der Waals surface area contributed by atoms with Gasteiger partial charge in [-0.05, 0) is 30.2 Å². The molecule has 0 amide bonds. The highest BCUT2D eigenvalue weighted by Crippen LogP contribution is 2.38. The molecule has 1 N–H and O–H groups in total. The van der Waals surface area contributed by atoms with Crippen LogP contribution in [-0.2, 0) is 5.54 Å². The molecule has 0 fully saturated rings. The van der Waals surface area contributed by atoms with Crippen LogP contribution in [-0.4, -0.2) is 5.11 Å². The fourth-order valence-electron chi connectivity index (χ4n) is 2.02. The molecule has 0 radical (unpaired) electrons. The molecule has 4 heteroatoms. The van der Waals surface area contributed by atoms with Crippen LogP contribution in [0.5, 0.6) is 0 Å². The van der Waals surface area contributed by atoms with Gasteiger partial charge >= 0.3 is 0 Å². The third-order valence-corrected chi connectivity index (χ3v) is 3.54. The van der Waals surface area contributed by atoms with Crippen molar-refractivity contribution in [1.29, 1.82) is 0 Å². The van der Waals surface area contributed by atoms with Gasteiger partial charge in [-0.3, -0.25) is 0 Å². The first kappa shape index (κ1) is 13.7. The van der Waals surface area contributed by atoms with E-state index in [-0.39, 0.29) is 0 Å². The molecule has 2 atom stereocenters. The topological polar surface area (TPSA) is 54.9 Å². The Kier molecular flexibility index (Phi) is 3.98. The highest BCUT2D eigenvalue weighted by Gasteiger charge is 2.32. The highest BCUT2D eigenvalue weighted by molar-refractivity contribution is 6.30. The maximum atomic E-state index is 10.5. The summed E-state index contributed by atoms with van der Waals surface area (Å²) in [4.78, 5) is 0. The Hall–Kier alpha value is -1.71. The van der Waals surface area contributed by atoms with E-state index in [2.05, 4.69) is 5.11 Å². The van der Waals surface area contributed by atoms with Crippen molar-refractivity contribution in [2.75, 3.05) is 0 Å². The summed E-state index contributed by atoms with van der Waals surface area (Å²) in [6.45, 7) is 1.68. The fraction of sp³-hybridized carbons (Fsp3) is 0.200. The van der Waals surface area contributed by atoms with Crippen LogP contribution in [0.25, 0.3) is 5.53 Å². The lowest BCUT2D eigenvalue weighted by molar-refractivity contribution is 0.0936. The van der Waals surface area contributed by atoms with Gasteiger partial charge in [-0.15, -0.1) is 0 Å². The molecule has 0 bridgehead atoms. The first-order chi connectivity index (χ1) is 9.08. The van der Waals surface area contributed by atoms with Gasteiger partial charge in [0.15, 0.2) is 0 Å². The van der Waals surface area contributed by atoms with E-state index in [1.807, 2.05) is 30.3 Å². The molecule has 98 valence electrons. The fourth-order valence-corrected chi connectivity index (χ4v) is 2.14. The van der Waals surface area contributed by atoms with Gasteiger partial charge in [-0.2, -0.15) is 0 Å². The van der Waals surface area contributed by atoms with Gasteiger partial charge in [-0.25, -0.2) is 0 Å². The van der Waals surface area contributed by atoms with Crippen LogP contribution in [0.2, 0.25) is 5.02 Å². The smallest absolute Gasteiger partial charge is 0.106 e. The van der Waals surface area contributed by atoms with Crippen LogP contribution < -0.4 is 0 Å². The Labute approximate surface area is 117 Å². The summed E-state index contributed by atoms with van der Waals surface area (Å²) in [5.41, 5.74) is 9.63. The Morgan fingerprint density at radius 3 is 2.21 bits per heavy atom. The normalized spacial score (nSPS) is 15.5. The van der Waals surface area contributed by atoms with Crippen LogP contribution in [0.4, 0.5) is 0 Å². The predicted molar refractivity (Wildman–Crippen MR) is 76.0 cm³/mol. The summed E-state index contributed by atoms with van der Waals surface area (Å²) in [6.07, 6.45) is -0.961. The van der Waals surface area contributed by atoms with Crippen LogP contribution in [0, 0.1) is 0 Å². The molecule has 0 heterocycles. The Balaban J connectivity index is 2.41. The van der Waals surface area contributed by atoms with Crippen LogP contribution in [0.3, 0.4) is 0 Å². The molecule has 0 aliphatic heterocycles. The molecule has 0 aliphatic rings. The van der Waals surface area contributed by atoms with Gasteiger partial charge in [0, 0.05) is 5.02 Å². The Morgan fingerprint density at radius 1 is 1.11 bits per heavy atom. The molecule has 2 aromatic rings. The molecule has 3 nitrogen and oxygen atoms in total. The zero-order valence-electron chi connectivity index (χ0n) is 10.5. The summed E-state index contributed by atoms with van der Waals surface area (Å²) in [5, 5.41) is 14.5. The molecule has 0 unspecified atom stereocenters. The monoisotopic (exact) mass is 273 g/mol. The molecule has 0 aliphatic carbocycles. The standard InChI is InChI=1S/C15H14ClN2O/c1-15(18-17,12-5-3-2-4-6-12)14(19)11-7-9-13(16)10-8-11/h2-10,14,19H,1H3/q-1/t14-,15+/m1/s1. The van der Waals surface area contributed by atoms with E-state index in [4.69, 9.17) is 11.6 Å². The first-order valence-electron chi connectivity index (χ1n) is 5.93. The number of rotatable bonds is 4. The number of aliphatic hydroxyl groups excluding tert-OH is 1. The van der Waals surface area contributed by atoms with Gasteiger partial charge in [-0.1, -0.05) is 54.1 Å². The summed E-state index contributed by atoms with van der Waals surface area (Å²) in [6, 6.07) is 16.0. The van der Waals surface area contributed by atoms with E-state index in [1.54, 1.807) is 31.2 Å². The van der Waals surface area contributed by atoms with Crippen molar-refractivity contribution in [1.82, 2.24) is 0 Å². The largest absolute Gasteiger partial charge is 0.711 e. The lowest BCUT2D eigenvalue weighted by Gasteiger charge is -2.34. The van der Waals surface area contributed by atoms with Crippen molar-refractivity contribution in [3.05, 3.63) is 76.3 Å². The van der Waals surface area contributed by atoms with Gasteiger partial charge < -0.3 is 15.8 Å². The van der Waals surface area contributed by atoms with Crippen molar-refractivity contribution in [3.63, 3.8) is 0 Å². The molecule has 0 saturated heterocycles. The lowest BCUT2D eigenvalue weighted by Crippen LogP contribution is -2.27. The third-order valence-electron chi connectivity index (χ3n) is 3.28. The van der Waals surface area contributed by atoms with E-state index < -0.39 is 11.6 Å². The average molecular weight is 274 g/mol. The van der Waals surface area contributed by atoms with Crippen molar-refractivity contribution in [3.8, 4) is 0 Å². The second-order valence-electron chi connectivity index (χ2n) is 4.57. The zero-order valence-corrected chi connectivity index (χ0v) is 11.2. The van der Waals surface area contributed by atoms with E-state index >= 15 is 0 Å². The van der Waals surface area contributed by atoms with Crippen molar-refractivity contribution in [2.24, 2.45) is 5.11 Å². The summed E-state index contributed by atoms with van der Waals surface area (Å²) < 4.78 is 0. The van der Waals surface area contributed by atoms with E-state index in [9.17, 15) is 10.6 Å².